The van der Waals surface area contributed by atoms with Crippen LogP contribution in [0.3, 0.4) is 0 Å². The maximum absolute atomic E-state index is 5.26. The molecule has 1 saturated heterocycles. The molecule has 0 amide bonds. The summed E-state index contributed by atoms with van der Waals surface area (Å²) in [5, 5.41) is 0. The number of aryl methyl sites for hydroxylation is 1. The number of rotatable bonds is 4. The third-order valence-electron chi connectivity index (χ3n) is 4.88. The van der Waals surface area contributed by atoms with Crippen LogP contribution in [0.15, 0.2) is 54.9 Å². The number of anilines is 1. The molecule has 0 N–H and O–H groups in total. The van der Waals surface area contributed by atoms with Gasteiger partial charge >= 0.3 is 0 Å². The quantitative estimate of drug-likeness (QED) is 0.718. The van der Waals surface area contributed by atoms with E-state index in [0.29, 0.717) is 5.92 Å². The molecule has 5 heteroatoms. The standard InChI is InChI=1S/C21H22N4O/c1-15-13-20(24-21(23-15)17-7-10-22-11-8-17)25-12-9-18(14-25)16-3-5-19(26-2)6-4-16/h3-8,10-11,13,18H,9,12,14H2,1-2H3/t18-/m0/s1. The van der Waals surface area contributed by atoms with Crippen LogP contribution in [0.1, 0.15) is 23.6 Å². The van der Waals surface area contributed by atoms with Gasteiger partial charge in [-0.1, -0.05) is 12.1 Å². The molecular weight excluding hydrogens is 324 g/mol. The normalized spacial score (nSPS) is 16.7. The van der Waals surface area contributed by atoms with E-state index < -0.39 is 0 Å². The second kappa shape index (κ2) is 7.12. The zero-order valence-electron chi connectivity index (χ0n) is 15.1. The Morgan fingerprint density at radius 1 is 1.04 bits per heavy atom. The third-order valence-corrected chi connectivity index (χ3v) is 4.88. The molecule has 1 atom stereocenters. The lowest BCUT2D eigenvalue weighted by Gasteiger charge is -2.19. The first kappa shape index (κ1) is 16.5. The lowest BCUT2D eigenvalue weighted by molar-refractivity contribution is 0.414. The molecule has 0 saturated carbocycles. The van der Waals surface area contributed by atoms with Gasteiger partial charge in [0.1, 0.15) is 11.6 Å². The van der Waals surface area contributed by atoms with E-state index in [2.05, 4.69) is 33.1 Å². The summed E-state index contributed by atoms with van der Waals surface area (Å²) in [7, 11) is 1.70. The van der Waals surface area contributed by atoms with E-state index in [4.69, 9.17) is 9.72 Å². The Balaban J connectivity index is 1.56. The fourth-order valence-corrected chi connectivity index (χ4v) is 3.46. The van der Waals surface area contributed by atoms with Crippen LogP contribution in [-0.4, -0.2) is 35.2 Å². The Hall–Kier alpha value is -2.95. The van der Waals surface area contributed by atoms with Gasteiger partial charge in [0.25, 0.3) is 0 Å². The number of pyridine rings is 1. The van der Waals surface area contributed by atoms with Crippen molar-refractivity contribution >= 4 is 5.82 Å². The van der Waals surface area contributed by atoms with Gasteiger partial charge in [-0.3, -0.25) is 4.98 Å². The maximum Gasteiger partial charge on any atom is 0.161 e. The van der Waals surface area contributed by atoms with Gasteiger partial charge in [0, 0.05) is 48.7 Å². The third kappa shape index (κ3) is 3.38. The predicted molar refractivity (Wildman–Crippen MR) is 103 cm³/mol. The van der Waals surface area contributed by atoms with E-state index in [-0.39, 0.29) is 0 Å². The highest BCUT2D eigenvalue weighted by Crippen LogP contribution is 2.31. The maximum atomic E-state index is 5.26. The monoisotopic (exact) mass is 346 g/mol. The molecular formula is C21H22N4O. The molecule has 1 aliphatic rings. The van der Waals surface area contributed by atoms with Gasteiger partial charge in [-0.2, -0.15) is 0 Å². The predicted octanol–water partition coefficient (Wildman–Crippen LogP) is 3.85. The van der Waals surface area contributed by atoms with Crippen molar-refractivity contribution in [1.29, 1.82) is 0 Å². The molecule has 0 radical (unpaired) electrons. The largest absolute Gasteiger partial charge is 0.497 e. The highest BCUT2D eigenvalue weighted by Gasteiger charge is 2.25. The Kier molecular flexibility index (Phi) is 4.52. The molecule has 2 aromatic heterocycles. The van der Waals surface area contributed by atoms with Crippen molar-refractivity contribution in [3.05, 3.63) is 66.1 Å². The van der Waals surface area contributed by atoms with Gasteiger partial charge in [0.2, 0.25) is 0 Å². The fourth-order valence-electron chi connectivity index (χ4n) is 3.46. The van der Waals surface area contributed by atoms with Crippen molar-refractivity contribution < 1.29 is 4.74 Å². The van der Waals surface area contributed by atoms with Crippen molar-refractivity contribution in [3.63, 3.8) is 0 Å². The number of benzene rings is 1. The topological polar surface area (TPSA) is 51.1 Å². The molecule has 0 aliphatic carbocycles. The van der Waals surface area contributed by atoms with Gasteiger partial charge in [-0.25, -0.2) is 9.97 Å². The highest BCUT2D eigenvalue weighted by molar-refractivity contribution is 5.57. The molecule has 3 aromatic rings. The minimum atomic E-state index is 0.514. The first-order chi connectivity index (χ1) is 12.7. The number of methoxy groups -OCH3 is 1. The van der Waals surface area contributed by atoms with E-state index >= 15 is 0 Å². The smallest absolute Gasteiger partial charge is 0.161 e. The second-order valence-electron chi connectivity index (χ2n) is 6.63. The van der Waals surface area contributed by atoms with E-state index in [9.17, 15) is 0 Å². The minimum absolute atomic E-state index is 0.514. The SMILES string of the molecule is COc1ccc([C@H]2CCN(c3cc(C)nc(-c4ccncc4)n3)C2)cc1. The number of ether oxygens (including phenoxy) is 1. The van der Waals surface area contributed by atoms with E-state index in [1.165, 1.54) is 5.56 Å². The zero-order chi connectivity index (χ0) is 17.9. The summed E-state index contributed by atoms with van der Waals surface area (Å²) in [6, 6.07) is 14.4. The molecule has 0 bridgehead atoms. The Morgan fingerprint density at radius 2 is 1.81 bits per heavy atom. The van der Waals surface area contributed by atoms with Crippen LogP contribution < -0.4 is 9.64 Å². The number of nitrogens with zero attached hydrogens (tertiary/aromatic N) is 4. The summed E-state index contributed by atoms with van der Waals surface area (Å²) in [6.07, 6.45) is 4.67. The first-order valence-corrected chi connectivity index (χ1v) is 8.88. The van der Waals surface area contributed by atoms with Crippen LogP contribution in [0, 0.1) is 6.92 Å². The molecule has 132 valence electrons. The van der Waals surface area contributed by atoms with Crippen LogP contribution >= 0.6 is 0 Å². The lowest BCUT2D eigenvalue weighted by atomic mass is 9.98. The summed E-state index contributed by atoms with van der Waals surface area (Å²) >= 11 is 0. The molecule has 0 unspecified atom stereocenters. The summed E-state index contributed by atoms with van der Waals surface area (Å²) in [4.78, 5) is 15.8. The van der Waals surface area contributed by atoms with Crippen LogP contribution in [0.25, 0.3) is 11.4 Å². The number of hydrogen-bond acceptors (Lipinski definition) is 5. The van der Waals surface area contributed by atoms with Crippen LogP contribution in [0.4, 0.5) is 5.82 Å². The van der Waals surface area contributed by atoms with Crippen LogP contribution in [-0.2, 0) is 0 Å². The molecule has 5 nitrogen and oxygen atoms in total. The molecule has 1 aromatic carbocycles. The second-order valence-corrected chi connectivity index (χ2v) is 6.63. The van der Waals surface area contributed by atoms with Gasteiger partial charge < -0.3 is 9.64 Å². The van der Waals surface area contributed by atoms with Crippen LogP contribution in [0.5, 0.6) is 5.75 Å². The average Bonchev–Trinajstić information content (AvgIpc) is 3.18. The van der Waals surface area contributed by atoms with E-state index in [0.717, 1.165) is 48.2 Å². The van der Waals surface area contributed by atoms with Crippen molar-refractivity contribution in [2.45, 2.75) is 19.3 Å². The molecule has 26 heavy (non-hydrogen) atoms. The van der Waals surface area contributed by atoms with Crippen molar-refractivity contribution in [2.24, 2.45) is 0 Å². The van der Waals surface area contributed by atoms with Crippen molar-refractivity contribution in [2.75, 3.05) is 25.1 Å². The Labute approximate surface area is 153 Å². The molecule has 0 spiro atoms. The Bertz CT molecular complexity index is 880. The van der Waals surface area contributed by atoms with Crippen molar-refractivity contribution in [3.8, 4) is 17.1 Å². The fraction of sp³-hybridized carbons (Fsp3) is 0.286. The molecule has 1 fully saturated rings. The van der Waals surface area contributed by atoms with Gasteiger partial charge in [-0.15, -0.1) is 0 Å². The van der Waals surface area contributed by atoms with Gasteiger partial charge in [0.15, 0.2) is 5.82 Å². The van der Waals surface area contributed by atoms with Gasteiger partial charge in [0.05, 0.1) is 7.11 Å². The summed E-state index contributed by atoms with van der Waals surface area (Å²) in [5.41, 5.74) is 3.33. The van der Waals surface area contributed by atoms with Crippen LogP contribution in [0.2, 0.25) is 0 Å². The van der Waals surface area contributed by atoms with Gasteiger partial charge in [-0.05, 0) is 43.2 Å². The first-order valence-electron chi connectivity index (χ1n) is 8.88. The Morgan fingerprint density at radius 3 is 2.54 bits per heavy atom. The highest BCUT2D eigenvalue weighted by atomic mass is 16.5. The average molecular weight is 346 g/mol. The number of aromatic nitrogens is 3. The number of hydrogen-bond donors (Lipinski definition) is 0. The minimum Gasteiger partial charge on any atom is -0.497 e. The van der Waals surface area contributed by atoms with E-state index in [1.807, 2.05) is 31.2 Å². The van der Waals surface area contributed by atoms with Crippen molar-refractivity contribution in [1.82, 2.24) is 15.0 Å². The molecule has 3 heterocycles. The molecule has 1 aliphatic heterocycles. The molecule has 4 rings (SSSR count). The van der Waals surface area contributed by atoms with E-state index in [1.54, 1.807) is 19.5 Å². The zero-order valence-corrected chi connectivity index (χ0v) is 15.1. The lowest BCUT2D eigenvalue weighted by Crippen LogP contribution is -2.21. The summed E-state index contributed by atoms with van der Waals surface area (Å²) in [6.45, 7) is 3.99. The summed E-state index contributed by atoms with van der Waals surface area (Å²) < 4.78 is 5.26. The summed E-state index contributed by atoms with van der Waals surface area (Å²) in [5.74, 6) is 3.17.